The van der Waals surface area contributed by atoms with Gasteiger partial charge in [0.15, 0.2) is 0 Å². The number of halogens is 1. The van der Waals surface area contributed by atoms with Crippen LogP contribution in [0.1, 0.15) is 15.9 Å². The topological polar surface area (TPSA) is 55.4 Å². The largest absolute Gasteiger partial charge is 0.465 e. The molecule has 0 aliphatic heterocycles. The molecule has 2 rings (SSSR count). The van der Waals surface area contributed by atoms with Gasteiger partial charge < -0.3 is 10.1 Å². The van der Waals surface area contributed by atoms with Crippen LogP contribution in [-0.2, 0) is 9.53 Å². The summed E-state index contributed by atoms with van der Waals surface area (Å²) < 4.78 is 5.03. The molecule has 1 amide bonds. The predicted molar refractivity (Wildman–Crippen MR) is 89.8 cm³/mol. The van der Waals surface area contributed by atoms with Gasteiger partial charge in [-0.05, 0) is 51.8 Å². The molecule has 2 aromatic carbocycles. The van der Waals surface area contributed by atoms with Gasteiger partial charge in [-0.1, -0.05) is 30.3 Å². The van der Waals surface area contributed by atoms with Gasteiger partial charge in [0.2, 0.25) is 0 Å². The van der Waals surface area contributed by atoms with Crippen LogP contribution in [0.4, 0.5) is 5.69 Å². The van der Waals surface area contributed by atoms with E-state index in [1.807, 2.05) is 30.3 Å². The Morgan fingerprint density at radius 1 is 1.05 bits per heavy atom. The molecule has 0 bridgehead atoms. The molecule has 0 saturated heterocycles. The van der Waals surface area contributed by atoms with Crippen LogP contribution in [0, 0.1) is 0 Å². The summed E-state index contributed by atoms with van der Waals surface area (Å²) in [6.07, 6.45) is 1.73. The Morgan fingerprint density at radius 3 is 2.27 bits per heavy atom. The Labute approximate surface area is 136 Å². The molecule has 0 aliphatic carbocycles. The highest BCUT2D eigenvalue weighted by Gasteiger charge is 2.08. The molecule has 0 atom stereocenters. The zero-order chi connectivity index (χ0) is 15.9. The molecule has 0 unspecified atom stereocenters. The van der Waals surface area contributed by atoms with E-state index in [1.165, 1.54) is 7.11 Å². The van der Waals surface area contributed by atoms with Gasteiger partial charge in [-0.25, -0.2) is 4.79 Å². The molecule has 0 spiro atoms. The van der Waals surface area contributed by atoms with Crippen molar-refractivity contribution in [1.29, 1.82) is 0 Å². The third-order valence-corrected chi connectivity index (χ3v) is 3.46. The summed E-state index contributed by atoms with van der Waals surface area (Å²) in [4.78, 5) is 23.4. The number of methoxy groups -OCH3 is 1. The zero-order valence-electron chi connectivity index (χ0n) is 11.9. The average Bonchev–Trinajstić information content (AvgIpc) is 2.55. The predicted octanol–water partition coefficient (Wildman–Crippen LogP) is 3.85. The normalized spacial score (nSPS) is 10.9. The van der Waals surface area contributed by atoms with E-state index in [-0.39, 0.29) is 5.91 Å². The van der Waals surface area contributed by atoms with Gasteiger partial charge >= 0.3 is 5.97 Å². The summed E-state index contributed by atoms with van der Waals surface area (Å²) in [5, 5.41) is 2.74. The van der Waals surface area contributed by atoms with E-state index >= 15 is 0 Å². The molecule has 0 saturated carbocycles. The zero-order valence-corrected chi connectivity index (χ0v) is 13.5. The van der Waals surface area contributed by atoms with E-state index in [0.29, 0.717) is 15.7 Å². The third kappa shape index (κ3) is 4.30. The van der Waals surface area contributed by atoms with Gasteiger partial charge in [0.1, 0.15) is 0 Å². The van der Waals surface area contributed by atoms with Crippen LogP contribution in [0.3, 0.4) is 0 Å². The molecular weight excluding hydrogens is 346 g/mol. The first-order valence-electron chi connectivity index (χ1n) is 6.52. The maximum absolute atomic E-state index is 12.1. The van der Waals surface area contributed by atoms with Gasteiger partial charge in [0, 0.05) is 5.69 Å². The minimum Gasteiger partial charge on any atom is -0.465 e. The summed E-state index contributed by atoms with van der Waals surface area (Å²) >= 11 is 3.26. The van der Waals surface area contributed by atoms with Crippen molar-refractivity contribution in [1.82, 2.24) is 0 Å². The second-order valence-electron chi connectivity index (χ2n) is 4.43. The number of esters is 1. The first-order chi connectivity index (χ1) is 10.6. The molecule has 2 aromatic rings. The van der Waals surface area contributed by atoms with Gasteiger partial charge in [-0.3, -0.25) is 4.79 Å². The lowest BCUT2D eigenvalue weighted by Crippen LogP contribution is -2.11. The number of ether oxygens (including phenoxy) is 1. The standard InChI is InChI=1S/C17H14BrNO3/c1-22-17(21)13-7-9-14(10-8-13)19-16(20)15(18)11-12-5-3-2-4-6-12/h2-11H,1H3,(H,19,20)/b15-11-. The van der Waals surface area contributed by atoms with Crippen LogP contribution in [0.5, 0.6) is 0 Å². The number of nitrogens with one attached hydrogen (secondary N) is 1. The molecule has 0 heterocycles. The monoisotopic (exact) mass is 359 g/mol. The lowest BCUT2D eigenvalue weighted by atomic mass is 10.2. The fraction of sp³-hybridized carbons (Fsp3) is 0.0588. The van der Waals surface area contributed by atoms with E-state index in [9.17, 15) is 9.59 Å². The number of hydrogen-bond donors (Lipinski definition) is 1. The minimum atomic E-state index is -0.414. The number of carbonyl (C=O) groups excluding carboxylic acids is 2. The summed E-state index contributed by atoms with van der Waals surface area (Å²) in [6.45, 7) is 0. The van der Waals surface area contributed by atoms with Crippen LogP contribution in [0.2, 0.25) is 0 Å². The first-order valence-corrected chi connectivity index (χ1v) is 7.31. The Balaban J connectivity index is 2.05. The maximum atomic E-state index is 12.1. The molecule has 112 valence electrons. The van der Waals surface area contributed by atoms with E-state index in [0.717, 1.165) is 5.56 Å². The minimum absolute atomic E-state index is 0.269. The quantitative estimate of drug-likeness (QED) is 0.666. The summed E-state index contributed by atoms with van der Waals surface area (Å²) in [6, 6.07) is 16.0. The van der Waals surface area contributed by atoms with Crippen molar-refractivity contribution >= 4 is 39.6 Å². The van der Waals surface area contributed by atoms with Crippen molar-refractivity contribution in [2.24, 2.45) is 0 Å². The summed E-state index contributed by atoms with van der Waals surface area (Å²) in [5.41, 5.74) is 1.95. The van der Waals surface area contributed by atoms with Crippen molar-refractivity contribution in [3.05, 3.63) is 70.2 Å². The highest BCUT2D eigenvalue weighted by atomic mass is 79.9. The fourth-order valence-corrected chi connectivity index (χ4v) is 2.12. The Kier molecular flexibility index (Phi) is 5.49. The van der Waals surface area contributed by atoms with Crippen LogP contribution < -0.4 is 5.32 Å². The second-order valence-corrected chi connectivity index (χ2v) is 5.28. The smallest absolute Gasteiger partial charge is 0.337 e. The summed E-state index contributed by atoms with van der Waals surface area (Å²) in [7, 11) is 1.32. The molecule has 0 aromatic heterocycles. The Morgan fingerprint density at radius 2 is 1.68 bits per heavy atom. The molecule has 5 heteroatoms. The lowest BCUT2D eigenvalue weighted by Gasteiger charge is -2.05. The van der Waals surface area contributed by atoms with Crippen molar-refractivity contribution < 1.29 is 14.3 Å². The number of anilines is 1. The van der Waals surface area contributed by atoms with Crippen molar-refractivity contribution in [3.8, 4) is 0 Å². The van der Waals surface area contributed by atoms with E-state index < -0.39 is 5.97 Å². The highest BCUT2D eigenvalue weighted by molar-refractivity contribution is 9.12. The van der Waals surface area contributed by atoms with Gasteiger partial charge in [-0.2, -0.15) is 0 Å². The van der Waals surface area contributed by atoms with E-state index in [4.69, 9.17) is 0 Å². The van der Waals surface area contributed by atoms with E-state index in [1.54, 1.807) is 30.3 Å². The number of benzene rings is 2. The molecule has 1 N–H and O–H groups in total. The second kappa shape index (κ2) is 7.56. The van der Waals surface area contributed by atoms with Gasteiger partial charge in [0.25, 0.3) is 5.91 Å². The number of hydrogen-bond acceptors (Lipinski definition) is 3. The van der Waals surface area contributed by atoms with Crippen LogP contribution >= 0.6 is 15.9 Å². The van der Waals surface area contributed by atoms with Crippen molar-refractivity contribution in [3.63, 3.8) is 0 Å². The SMILES string of the molecule is COC(=O)c1ccc(NC(=O)/C(Br)=C/c2ccccc2)cc1. The molecule has 0 radical (unpaired) electrons. The average molecular weight is 360 g/mol. The third-order valence-electron chi connectivity index (χ3n) is 2.87. The highest BCUT2D eigenvalue weighted by Crippen LogP contribution is 2.16. The summed E-state index contributed by atoms with van der Waals surface area (Å²) in [5.74, 6) is -0.683. The molecule has 22 heavy (non-hydrogen) atoms. The maximum Gasteiger partial charge on any atom is 0.337 e. The lowest BCUT2D eigenvalue weighted by molar-refractivity contribution is -0.112. The molecular formula is C17H14BrNO3. The van der Waals surface area contributed by atoms with E-state index in [2.05, 4.69) is 26.0 Å². The van der Waals surface area contributed by atoms with Gasteiger partial charge in [-0.15, -0.1) is 0 Å². The molecule has 0 fully saturated rings. The van der Waals surface area contributed by atoms with Crippen LogP contribution in [-0.4, -0.2) is 19.0 Å². The number of rotatable bonds is 4. The van der Waals surface area contributed by atoms with Gasteiger partial charge in [0.05, 0.1) is 17.2 Å². The fourth-order valence-electron chi connectivity index (χ4n) is 1.76. The van der Waals surface area contributed by atoms with Crippen LogP contribution in [0.25, 0.3) is 6.08 Å². The molecule has 0 aliphatic rings. The number of carbonyl (C=O) groups is 2. The first kappa shape index (κ1) is 16.0. The van der Waals surface area contributed by atoms with Crippen molar-refractivity contribution in [2.75, 3.05) is 12.4 Å². The van der Waals surface area contributed by atoms with Crippen molar-refractivity contribution in [2.45, 2.75) is 0 Å². The number of amides is 1. The Hall–Kier alpha value is -2.40. The Bertz CT molecular complexity index is 694. The molecule has 4 nitrogen and oxygen atoms in total. The van der Waals surface area contributed by atoms with Crippen LogP contribution in [0.15, 0.2) is 59.1 Å².